The van der Waals surface area contributed by atoms with Gasteiger partial charge in [-0.15, -0.1) is 5.10 Å². The van der Waals surface area contributed by atoms with E-state index in [2.05, 4.69) is 14.9 Å². The molecule has 1 heterocycles. The molecule has 8 heteroatoms. The Balaban J connectivity index is 2.59. The highest BCUT2D eigenvalue weighted by atomic mass is 32.1. The number of nitrogens with zero attached hydrogens (tertiary/aromatic N) is 2. The van der Waals surface area contributed by atoms with Gasteiger partial charge in [0.1, 0.15) is 6.04 Å². The summed E-state index contributed by atoms with van der Waals surface area (Å²) in [6.07, 6.45) is -0.0430. The van der Waals surface area contributed by atoms with Gasteiger partial charge in [-0.1, -0.05) is 4.49 Å². The first-order chi connectivity index (χ1) is 7.15. The molecule has 7 nitrogen and oxygen atoms in total. The average Bonchev–Trinajstić information content (AvgIpc) is 2.69. The molecule has 1 atom stereocenters. The van der Waals surface area contributed by atoms with Crippen LogP contribution in [0.1, 0.15) is 16.9 Å². The third-order valence-electron chi connectivity index (χ3n) is 1.61. The van der Waals surface area contributed by atoms with Gasteiger partial charge < -0.3 is 15.5 Å². The van der Waals surface area contributed by atoms with E-state index in [0.717, 1.165) is 11.5 Å². The molecule has 0 aliphatic carbocycles. The smallest absolute Gasteiger partial charge is 0.326 e. The minimum atomic E-state index is -1.19. The maximum atomic E-state index is 11.3. The van der Waals surface area contributed by atoms with Crippen LogP contribution in [0.5, 0.6) is 0 Å². The molecule has 0 bridgehead atoms. The first kappa shape index (κ1) is 11.5. The van der Waals surface area contributed by atoms with Gasteiger partial charge in [0.05, 0.1) is 0 Å². The molecular weight excluding hydrogens is 222 g/mol. The summed E-state index contributed by atoms with van der Waals surface area (Å²) in [4.78, 5) is 22.0. The Labute approximate surface area is 88.9 Å². The molecule has 1 aromatic rings. The molecule has 15 heavy (non-hydrogen) atoms. The Hall–Kier alpha value is -1.54. The van der Waals surface area contributed by atoms with Crippen molar-refractivity contribution >= 4 is 23.4 Å². The topological polar surface area (TPSA) is 112 Å². The molecule has 0 aliphatic heterocycles. The van der Waals surface area contributed by atoms with E-state index in [-0.39, 0.29) is 18.7 Å². The van der Waals surface area contributed by atoms with Crippen molar-refractivity contribution in [1.82, 2.24) is 14.9 Å². The van der Waals surface area contributed by atoms with Gasteiger partial charge in [-0.05, 0) is 11.5 Å². The van der Waals surface area contributed by atoms with E-state index in [0.29, 0.717) is 0 Å². The number of aromatic nitrogens is 2. The SMILES string of the molecule is O=C(N[C@@H](CCO)C(=O)O)c1csnn1. The second-order valence-electron chi connectivity index (χ2n) is 2.67. The first-order valence-electron chi connectivity index (χ1n) is 4.06. The number of rotatable bonds is 5. The monoisotopic (exact) mass is 231 g/mol. The molecule has 3 N–H and O–H groups in total. The largest absolute Gasteiger partial charge is 0.480 e. The Kier molecular flexibility index (Phi) is 4.13. The number of amides is 1. The summed E-state index contributed by atoms with van der Waals surface area (Å²) in [6.45, 7) is -0.313. The number of hydrogen-bond donors (Lipinski definition) is 3. The zero-order chi connectivity index (χ0) is 11.3. The zero-order valence-electron chi connectivity index (χ0n) is 7.58. The molecule has 0 radical (unpaired) electrons. The van der Waals surface area contributed by atoms with Gasteiger partial charge >= 0.3 is 5.97 Å². The fourth-order valence-corrected chi connectivity index (χ4v) is 1.32. The molecule has 0 aliphatic rings. The van der Waals surface area contributed by atoms with Crippen LogP contribution in [0.2, 0.25) is 0 Å². The molecule has 1 aromatic heterocycles. The van der Waals surface area contributed by atoms with Crippen molar-refractivity contribution in [3.8, 4) is 0 Å². The second kappa shape index (κ2) is 5.37. The number of carbonyl (C=O) groups is 2. The van der Waals surface area contributed by atoms with Gasteiger partial charge in [0.2, 0.25) is 0 Å². The molecule has 0 saturated heterocycles. The summed E-state index contributed by atoms with van der Waals surface area (Å²) in [5.74, 6) is -1.80. The van der Waals surface area contributed by atoms with Crippen molar-refractivity contribution in [3.05, 3.63) is 11.1 Å². The molecule has 0 spiro atoms. The van der Waals surface area contributed by atoms with Gasteiger partial charge in [-0.2, -0.15) is 0 Å². The lowest BCUT2D eigenvalue weighted by molar-refractivity contribution is -0.139. The summed E-state index contributed by atoms with van der Waals surface area (Å²) < 4.78 is 3.48. The second-order valence-corrected chi connectivity index (χ2v) is 3.28. The highest BCUT2D eigenvalue weighted by Gasteiger charge is 2.20. The van der Waals surface area contributed by atoms with Gasteiger partial charge in [-0.3, -0.25) is 4.79 Å². The first-order valence-corrected chi connectivity index (χ1v) is 4.90. The van der Waals surface area contributed by atoms with E-state index in [1.54, 1.807) is 0 Å². The minimum absolute atomic E-state index is 0.0430. The minimum Gasteiger partial charge on any atom is -0.480 e. The zero-order valence-corrected chi connectivity index (χ0v) is 8.40. The van der Waals surface area contributed by atoms with Crippen molar-refractivity contribution in [3.63, 3.8) is 0 Å². The van der Waals surface area contributed by atoms with Crippen LogP contribution >= 0.6 is 11.5 Å². The number of nitrogens with one attached hydrogen (secondary N) is 1. The van der Waals surface area contributed by atoms with E-state index < -0.39 is 17.9 Å². The molecule has 1 rings (SSSR count). The Morgan fingerprint density at radius 2 is 2.33 bits per heavy atom. The number of aliphatic hydroxyl groups is 1. The normalized spacial score (nSPS) is 12.1. The lowest BCUT2D eigenvalue weighted by Gasteiger charge is -2.11. The predicted molar refractivity (Wildman–Crippen MR) is 50.5 cm³/mol. The summed E-state index contributed by atoms with van der Waals surface area (Å²) in [5.41, 5.74) is 0.0733. The van der Waals surface area contributed by atoms with Gasteiger partial charge in [0.15, 0.2) is 5.69 Å². The van der Waals surface area contributed by atoms with E-state index in [1.807, 2.05) is 0 Å². The van der Waals surface area contributed by atoms with Crippen LogP contribution in [-0.4, -0.2) is 44.3 Å². The maximum Gasteiger partial charge on any atom is 0.326 e. The number of carboxylic acid groups (broad SMARTS) is 1. The number of carbonyl (C=O) groups excluding carboxylic acids is 1. The third kappa shape index (κ3) is 3.26. The number of aliphatic carboxylic acids is 1. The number of hydrogen-bond acceptors (Lipinski definition) is 6. The van der Waals surface area contributed by atoms with Crippen molar-refractivity contribution in [2.75, 3.05) is 6.61 Å². The fourth-order valence-electron chi connectivity index (χ4n) is 0.882. The molecule has 0 saturated carbocycles. The van der Waals surface area contributed by atoms with Crippen LogP contribution in [-0.2, 0) is 4.79 Å². The summed E-state index contributed by atoms with van der Waals surface area (Å²) >= 11 is 0.998. The molecular formula is C7H9N3O4S. The van der Waals surface area contributed by atoms with Gasteiger partial charge in [-0.25, -0.2) is 4.79 Å². The van der Waals surface area contributed by atoms with Crippen LogP contribution in [0, 0.1) is 0 Å². The lowest BCUT2D eigenvalue weighted by atomic mass is 10.2. The Morgan fingerprint density at radius 3 is 2.80 bits per heavy atom. The van der Waals surface area contributed by atoms with Crippen LogP contribution in [0.3, 0.4) is 0 Å². The summed E-state index contributed by atoms with van der Waals surface area (Å²) in [7, 11) is 0. The number of aliphatic hydroxyl groups excluding tert-OH is 1. The third-order valence-corrected chi connectivity index (χ3v) is 2.12. The highest BCUT2D eigenvalue weighted by molar-refractivity contribution is 7.03. The van der Waals surface area contributed by atoms with Gasteiger partial charge in [0.25, 0.3) is 5.91 Å². The predicted octanol–water partition coefficient (Wildman–Crippen LogP) is -0.897. The average molecular weight is 231 g/mol. The lowest BCUT2D eigenvalue weighted by Crippen LogP contribution is -2.41. The standard InChI is InChI=1S/C7H9N3O4S/c11-2-1-4(7(13)14)8-6(12)5-3-15-10-9-5/h3-4,11H,1-2H2,(H,8,12)(H,13,14)/t4-/m0/s1. The van der Waals surface area contributed by atoms with Crippen molar-refractivity contribution in [1.29, 1.82) is 0 Å². The number of carboxylic acids is 1. The van der Waals surface area contributed by atoms with E-state index in [9.17, 15) is 9.59 Å². The molecule has 1 amide bonds. The van der Waals surface area contributed by atoms with Crippen LogP contribution in [0.25, 0.3) is 0 Å². The fraction of sp³-hybridized carbons (Fsp3) is 0.429. The molecule has 82 valence electrons. The highest BCUT2D eigenvalue weighted by Crippen LogP contribution is 1.99. The van der Waals surface area contributed by atoms with E-state index in [4.69, 9.17) is 10.2 Å². The van der Waals surface area contributed by atoms with Crippen molar-refractivity contribution < 1.29 is 19.8 Å². The van der Waals surface area contributed by atoms with Gasteiger partial charge in [0, 0.05) is 18.4 Å². The van der Waals surface area contributed by atoms with Crippen molar-refractivity contribution in [2.45, 2.75) is 12.5 Å². The molecule has 0 fully saturated rings. The van der Waals surface area contributed by atoms with Crippen LogP contribution < -0.4 is 5.32 Å². The maximum absolute atomic E-state index is 11.3. The van der Waals surface area contributed by atoms with Crippen molar-refractivity contribution in [2.24, 2.45) is 0 Å². The van der Waals surface area contributed by atoms with E-state index in [1.165, 1.54) is 5.38 Å². The quantitative estimate of drug-likeness (QED) is 0.605. The van der Waals surface area contributed by atoms with E-state index >= 15 is 0 Å². The van der Waals surface area contributed by atoms with Crippen LogP contribution in [0.15, 0.2) is 5.38 Å². The Morgan fingerprint density at radius 1 is 1.60 bits per heavy atom. The molecule has 0 aromatic carbocycles. The Bertz CT molecular complexity index is 340. The summed E-state index contributed by atoms with van der Waals surface area (Å²) in [5, 5.41) is 24.4. The molecule has 0 unspecified atom stereocenters. The van der Waals surface area contributed by atoms with Crippen LogP contribution in [0.4, 0.5) is 0 Å². The summed E-state index contributed by atoms with van der Waals surface area (Å²) in [6, 6.07) is -1.11.